The van der Waals surface area contributed by atoms with Gasteiger partial charge < -0.3 is 19.7 Å². The van der Waals surface area contributed by atoms with Crippen molar-refractivity contribution in [3.05, 3.63) is 54.2 Å². The second kappa shape index (κ2) is 8.99. The maximum Gasteiger partial charge on any atom is 0.322 e. The van der Waals surface area contributed by atoms with Gasteiger partial charge in [0.1, 0.15) is 27.8 Å². The molecule has 2 aromatic carbocycles. The van der Waals surface area contributed by atoms with Gasteiger partial charge in [-0.25, -0.2) is 22.0 Å². The van der Waals surface area contributed by atoms with Crippen LogP contribution in [0.5, 0.6) is 11.6 Å². The molecule has 0 spiro atoms. The zero-order valence-corrected chi connectivity index (χ0v) is 20.5. The summed E-state index contributed by atoms with van der Waals surface area (Å²) in [6.45, 7) is -0.200. The lowest BCUT2D eigenvalue weighted by atomic mass is 9.77. The van der Waals surface area contributed by atoms with Crippen molar-refractivity contribution in [2.45, 2.75) is 29.8 Å². The standard InChI is InChI=1S/C24H24F2N4O6S/c1-36-17-3-4-18-14(10-17)12-29(21(18)31)13-24(22(32)27-23(33)28-24)15-6-8-30(9-7-15)37(34,35)20-5-2-16(25)11-19(20)26/h2-5,10-12,15,31H,6-9,13H2,1H3,(H2,27,28,32,33). The number of ether oxygens (including phenoxy) is 1. The molecule has 3 amide bonds. The number of benzene rings is 2. The fourth-order valence-electron chi connectivity index (χ4n) is 5.20. The number of aromatic nitrogens is 1. The molecular weight excluding hydrogens is 510 g/mol. The van der Waals surface area contributed by atoms with Crippen LogP contribution in [0.25, 0.3) is 10.8 Å². The van der Waals surface area contributed by atoms with Crippen LogP contribution in [-0.2, 0) is 21.4 Å². The molecule has 3 N–H and O–H groups in total. The topological polar surface area (TPSA) is 130 Å². The van der Waals surface area contributed by atoms with Crippen molar-refractivity contribution in [3.8, 4) is 11.6 Å². The normalized spacial score (nSPS) is 21.3. The van der Waals surface area contributed by atoms with Gasteiger partial charge >= 0.3 is 6.03 Å². The van der Waals surface area contributed by atoms with Crippen LogP contribution < -0.4 is 15.4 Å². The number of carbonyl (C=O) groups excluding carboxylic acids is 2. The lowest BCUT2D eigenvalue weighted by molar-refractivity contribution is -0.127. The van der Waals surface area contributed by atoms with E-state index in [9.17, 15) is 31.9 Å². The van der Waals surface area contributed by atoms with E-state index in [1.54, 1.807) is 24.4 Å². The van der Waals surface area contributed by atoms with Crippen LogP contribution in [0.2, 0.25) is 0 Å². The number of nitrogens with zero attached hydrogens (tertiary/aromatic N) is 2. The molecule has 13 heteroatoms. The van der Waals surface area contributed by atoms with Gasteiger partial charge in [-0.1, -0.05) is 0 Å². The highest BCUT2D eigenvalue weighted by molar-refractivity contribution is 7.89. The molecular formula is C24H24F2N4O6S. The van der Waals surface area contributed by atoms with E-state index in [-0.39, 0.29) is 38.4 Å². The number of urea groups is 1. The number of hydrogen-bond donors (Lipinski definition) is 3. The summed E-state index contributed by atoms with van der Waals surface area (Å²) in [6, 6.07) is 6.67. The van der Waals surface area contributed by atoms with Gasteiger partial charge in [-0.2, -0.15) is 4.31 Å². The quantitative estimate of drug-likeness (QED) is 0.416. The monoisotopic (exact) mass is 534 g/mol. The maximum atomic E-state index is 14.2. The third-order valence-corrected chi connectivity index (χ3v) is 9.05. The second-order valence-corrected chi connectivity index (χ2v) is 11.1. The van der Waals surface area contributed by atoms with E-state index in [0.29, 0.717) is 22.6 Å². The number of sulfonamides is 1. The van der Waals surface area contributed by atoms with Gasteiger partial charge in [0.25, 0.3) is 5.91 Å². The van der Waals surface area contributed by atoms with Crippen molar-refractivity contribution in [2.24, 2.45) is 5.92 Å². The molecule has 2 aliphatic rings. The van der Waals surface area contributed by atoms with Crippen LogP contribution in [0.15, 0.2) is 47.5 Å². The number of hydrogen-bond acceptors (Lipinski definition) is 6. The number of imide groups is 1. The van der Waals surface area contributed by atoms with Gasteiger partial charge in [0.2, 0.25) is 10.0 Å². The molecule has 0 bridgehead atoms. The molecule has 0 aliphatic carbocycles. The molecule has 3 aromatic rings. The first-order valence-electron chi connectivity index (χ1n) is 11.5. The summed E-state index contributed by atoms with van der Waals surface area (Å²) in [7, 11) is -2.73. The maximum absolute atomic E-state index is 14.2. The zero-order chi connectivity index (χ0) is 26.5. The van der Waals surface area contributed by atoms with Crippen molar-refractivity contribution in [3.63, 3.8) is 0 Å². The van der Waals surface area contributed by atoms with Crippen LogP contribution in [0.1, 0.15) is 12.8 Å². The number of fused-ring (bicyclic) bond motifs is 1. The number of amides is 3. The number of halogens is 2. The number of aromatic hydroxyl groups is 1. The molecule has 0 saturated carbocycles. The molecule has 2 fully saturated rings. The summed E-state index contributed by atoms with van der Waals surface area (Å²) in [5, 5.41) is 17.0. The van der Waals surface area contributed by atoms with Crippen LogP contribution >= 0.6 is 0 Å². The minimum Gasteiger partial charge on any atom is -0.497 e. The largest absolute Gasteiger partial charge is 0.497 e. The highest BCUT2D eigenvalue weighted by atomic mass is 32.2. The summed E-state index contributed by atoms with van der Waals surface area (Å²) in [6.07, 6.45) is 1.99. The molecule has 1 unspecified atom stereocenters. The average Bonchev–Trinajstić information content (AvgIpc) is 3.33. The van der Waals surface area contributed by atoms with Crippen LogP contribution in [0.4, 0.5) is 13.6 Å². The fourth-order valence-corrected chi connectivity index (χ4v) is 6.71. The number of carbonyl (C=O) groups is 2. The van der Waals surface area contributed by atoms with E-state index in [4.69, 9.17) is 4.74 Å². The Labute approximate surface area is 210 Å². The summed E-state index contributed by atoms with van der Waals surface area (Å²) in [5.74, 6) is -2.68. The Morgan fingerprint density at radius 3 is 2.49 bits per heavy atom. The average molecular weight is 535 g/mol. The molecule has 2 saturated heterocycles. The Hall–Kier alpha value is -3.71. The lowest BCUT2D eigenvalue weighted by Crippen LogP contribution is -2.58. The molecule has 10 nitrogen and oxygen atoms in total. The minimum absolute atomic E-state index is 0.0500. The Bertz CT molecular complexity index is 1520. The van der Waals surface area contributed by atoms with E-state index < -0.39 is 49.9 Å². The predicted octanol–water partition coefficient (Wildman–Crippen LogP) is 2.31. The van der Waals surface area contributed by atoms with Crippen molar-refractivity contribution < 1.29 is 36.6 Å². The minimum atomic E-state index is -4.24. The number of nitrogens with one attached hydrogen (secondary N) is 2. The van der Waals surface area contributed by atoms with E-state index in [1.165, 1.54) is 11.7 Å². The highest BCUT2D eigenvalue weighted by Crippen LogP contribution is 2.37. The molecule has 1 atom stereocenters. The van der Waals surface area contributed by atoms with Crippen molar-refractivity contribution in [2.75, 3.05) is 20.2 Å². The van der Waals surface area contributed by atoms with E-state index in [1.807, 2.05) is 0 Å². The summed E-state index contributed by atoms with van der Waals surface area (Å²) < 4.78 is 61.3. The van der Waals surface area contributed by atoms with Gasteiger partial charge in [0.15, 0.2) is 5.88 Å². The molecule has 0 radical (unpaired) electrons. The molecule has 1 aromatic heterocycles. The molecule has 37 heavy (non-hydrogen) atoms. The van der Waals surface area contributed by atoms with Gasteiger partial charge in [-0.3, -0.25) is 10.1 Å². The number of methoxy groups -OCH3 is 1. The first kappa shape index (κ1) is 25.0. The Balaban J connectivity index is 1.42. The van der Waals surface area contributed by atoms with E-state index in [0.717, 1.165) is 16.4 Å². The van der Waals surface area contributed by atoms with Crippen LogP contribution in [0.3, 0.4) is 0 Å². The van der Waals surface area contributed by atoms with Crippen molar-refractivity contribution in [1.82, 2.24) is 19.5 Å². The van der Waals surface area contributed by atoms with Crippen LogP contribution in [-0.4, -0.2) is 60.1 Å². The smallest absolute Gasteiger partial charge is 0.322 e. The van der Waals surface area contributed by atoms with Crippen molar-refractivity contribution in [1.29, 1.82) is 0 Å². The lowest BCUT2D eigenvalue weighted by Gasteiger charge is -2.40. The highest BCUT2D eigenvalue weighted by Gasteiger charge is 2.53. The molecule has 3 heterocycles. The van der Waals surface area contributed by atoms with Gasteiger partial charge in [-0.05, 0) is 49.1 Å². The summed E-state index contributed by atoms with van der Waals surface area (Å²) in [4.78, 5) is 24.7. The Kier molecular flexibility index (Phi) is 6.07. The van der Waals surface area contributed by atoms with Gasteiger partial charge in [0, 0.05) is 36.1 Å². The summed E-state index contributed by atoms with van der Waals surface area (Å²) in [5.41, 5.74) is -1.45. The predicted molar refractivity (Wildman–Crippen MR) is 127 cm³/mol. The molecule has 196 valence electrons. The Morgan fingerprint density at radius 1 is 1.14 bits per heavy atom. The Morgan fingerprint density at radius 2 is 1.86 bits per heavy atom. The zero-order valence-electron chi connectivity index (χ0n) is 19.7. The van der Waals surface area contributed by atoms with Crippen LogP contribution in [0, 0.1) is 17.6 Å². The first-order chi connectivity index (χ1) is 17.5. The second-order valence-electron chi connectivity index (χ2n) is 9.17. The van der Waals surface area contributed by atoms with Crippen molar-refractivity contribution >= 4 is 32.7 Å². The van der Waals surface area contributed by atoms with Gasteiger partial charge in [-0.15, -0.1) is 0 Å². The first-order valence-corrected chi connectivity index (χ1v) is 12.9. The summed E-state index contributed by atoms with van der Waals surface area (Å²) >= 11 is 0. The van der Waals surface area contributed by atoms with Gasteiger partial charge in [0.05, 0.1) is 13.7 Å². The molecule has 5 rings (SSSR count). The van der Waals surface area contributed by atoms with E-state index >= 15 is 0 Å². The van der Waals surface area contributed by atoms with E-state index in [2.05, 4.69) is 10.6 Å². The molecule has 2 aliphatic heterocycles. The number of piperidine rings is 1. The fraction of sp³-hybridized carbons (Fsp3) is 0.333. The number of rotatable bonds is 6. The third kappa shape index (κ3) is 4.17. The third-order valence-electron chi connectivity index (χ3n) is 7.12. The SMILES string of the molecule is COc1ccc2c(O)n(CC3(C4CCN(S(=O)(=O)c5ccc(F)cc5F)CC4)NC(=O)NC3=O)cc2c1.